The second-order valence-corrected chi connectivity index (χ2v) is 5.79. The molecule has 0 aromatic carbocycles. The molecule has 1 unspecified atom stereocenters. The predicted octanol–water partition coefficient (Wildman–Crippen LogP) is 3.56. The van der Waals surface area contributed by atoms with Gasteiger partial charge in [0.05, 0.1) is 5.69 Å². The van der Waals surface area contributed by atoms with Gasteiger partial charge in [-0.1, -0.05) is 20.8 Å². The summed E-state index contributed by atoms with van der Waals surface area (Å²) in [6, 6.07) is 2.88. The van der Waals surface area contributed by atoms with Gasteiger partial charge >= 0.3 is 0 Å². The first-order chi connectivity index (χ1) is 9.08. The molecular formula is C16H31N3. The molecule has 0 radical (unpaired) electrons. The maximum atomic E-state index is 4.51. The second-order valence-electron chi connectivity index (χ2n) is 5.79. The summed E-state index contributed by atoms with van der Waals surface area (Å²) < 4.78 is 2.14. The lowest BCUT2D eigenvalue weighted by Crippen LogP contribution is -2.34. The molecule has 0 aliphatic carbocycles. The molecule has 1 heterocycles. The zero-order valence-electron chi connectivity index (χ0n) is 13.4. The van der Waals surface area contributed by atoms with E-state index in [1.807, 2.05) is 0 Å². The number of hydrogen-bond donors (Lipinski definition) is 1. The summed E-state index contributed by atoms with van der Waals surface area (Å²) in [5.41, 5.74) is 2.53. The van der Waals surface area contributed by atoms with Crippen molar-refractivity contribution in [2.24, 2.45) is 5.92 Å². The van der Waals surface area contributed by atoms with Crippen LogP contribution >= 0.6 is 0 Å². The number of hydrogen-bond acceptors (Lipinski definition) is 2. The van der Waals surface area contributed by atoms with Crippen LogP contribution in [0.3, 0.4) is 0 Å². The van der Waals surface area contributed by atoms with Gasteiger partial charge in [-0.2, -0.15) is 5.10 Å². The maximum absolute atomic E-state index is 4.51. The minimum Gasteiger partial charge on any atom is -0.314 e. The van der Waals surface area contributed by atoms with Crippen molar-refractivity contribution in [1.82, 2.24) is 15.1 Å². The van der Waals surface area contributed by atoms with Gasteiger partial charge in [-0.05, 0) is 58.1 Å². The van der Waals surface area contributed by atoms with Crippen molar-refractivity contribution in [1.29, 1.82) is 0 Å². The zero-order chi connectivity index (χ0) is 14.3. The zero-order valence-corrected chi connectivity index (χ0v) is 13.4. The Morgan fingerprint density at radius 2 is 2.05 bits per heavy atom. The molecule has 19 heavy (non-hydrogen) atoms. The van der Waals surface area contributed by atoms with E-state index in [1.165, 1.54) is 25.0 Å². The van der Waals surface area contributed by atoms with Crippen molar-refractivity contribution in [3.8, 4) is 0 Å². The number of aromatic nitrogens is 2. The Kier molecular flexibility index (Phi) is 7.14. The lowest BCUT2D eigenvalue weighted by Gasteiger charge is -2.22. The molecule has 1 aromatic rings. The first-order valence-electron chi connectivity index (χ1n) is 7.85. The Morgan fingerprint density at radius 3 is 2.63 bits per heavy atom. The Balaban J connectivity index is 2.42. The molecule has 0 aliphatic rings. The van der Waals surface area contributed by atoms with Gasteiger partial charge in [0, 0.05) is 18.3 Å². The van der Waals surface area contributed by atoms with Gasteiger partial charge in [0.2, 0.25) is 0 Å². The van der Waals surface area contributed by atoms with Crippen LogP contribution in [-0.4, -0.2) is 22.4 Å². The van der Waals surface area contributed by atoms with Crippen LogP contribution in [0.4, 0.5) is 0 Å². The molecule has 0 bridgehead atoms. The lowest BCUT2D eigenvalue weighted by atomic mass is 9.97. The van der Waals surface area contributed by atoms with Crippen LogP contribution in [0, 0.1) is 12.8 Å². The molecule has 0 amide bonds. The number of nitrogens with zero attached hydrogens (tertiary/aromatic N) is 2. The van der Waals surface area contributed by atoms with Crippen LogP contribution < -0.4 is 5.32 Å². The normalized spacial score (nSPS) is 13.2. The van der Waals surface area contributed by atoms with Gasteiger partial charge in [0.15, 0.2) is 0 Å². The third kappa shape index (κ3) is 5.35. The van der Waals surface area contributed by atoms with Crippen molar-refractivity contribution in [3.63, 3.8) is 0 Å². The molecule has 0 spiro atoms. The number of nitrogens with one attached hydrogen (secondary N) is 1. The summed E-state index contributed by atoms with van der Waals surface area (Å²) in [6.45, 7) is 13.2. The van der Waals surface area contributed by atoms with E-state index < -0.39 is 0 Å². The largest absolute Gasteiger partial charge is 0.314 e. The van der Waals surface area contributed by atoms with Crippen LogP contribution in [0.25, 0.3) is 0 Å². The first kappa shape index (κ1) is 16.2. The van der Waals surface area contributed by atoms with E-state index in [4.69, 9.17) is 0 Å². The first-order valence-corrected chi connectivity index (χ1v) is 7.85. The fourth-order valence-electron chi connectivity index (χ4n) is 2.58. The van der Waals surface area contributed by atoms with Crippen LogP contribution in [0.1, 0.15) is 58.3 Å². The highest BCUT2D eigenvalue weighted by Crippen LogP contribution is 2.13. The molecule has 1 aromatic heterocycles. The van der Waals surface area contributed by atoms with Gasteiger partial charge in [0.1, 0.15) is 0 Å². The highest BCUT2D eigenvalue weighted by atomic mass is 15.3. The number of rotatable bonds is 9. The third-order valence-corrected chi connectivity index (χ3v) is 3.69. The minimum atomic E-state index is 0.652. The average Bonchev–Trinajstić information content (AvgIpc) is 2.73. The van der Waals surface area contributed by atoms with Crippen molar-refractivity contribution in [2.75, 3.05) is 6.54 Å². The maximum Gasteiger partial charge on any atom is 0.0596 e. The molecule has 3 heteroatoms. The Hall–Kier alpha value is -0.830. The average molecular weight is 265 g/mol. The van der Waals surface area contributed by atoms with Crippen molar-refractivity contribution >= 4 is 0 Å². The van der Waals surface area contributed by atoms with E-state index in [2.05, 4.69) is 55.8 Å². The Morgan fingerprint density at radius 1 is 1.32 bits per heavy atom. The van der Waals surface area contributed by atoms with Crippen LogP contribution in [0.15, 0.2) is 6.07 Å². The van der Waals surface area contributed by atoms with E-state index in [-0.39, 0.29) is 0 Å². The van der Waals surface area contributed by atoms with Gasteiger partial charge in [-0.3, -0.25) is 4.68 Å². The van der Waals surface area contributed by atoms with E-state index in [1.54, 1.807) is 0 Å². The van der Waals surface area contributed by atoms with E-state index in [9.17, 15) is 0 Å². The predicted molar refractivity (Wildman–Crippen MR) is 82.5 cm³/mol. The molecular weight excluding hydrogens is 234 g/mol. The van der Waals surface area contributed by atoms with E-state index >= 15 is 0 Å². The molecule has 1 rings (SSSR count). The fraction of sp³-hybridized carbons (Fsp3) is 0.812. The highest BCUT2D eigenvalue weighted by molar-refractivity contribution is 5.09. The molecule has 0 saturated carbocycles. The molecule has 3 nitrogen and oxygen atoms in total. The summed E-state index contributed by atoms with van der Waals surface area (Å²) in [4.78, 5) is 0. The summed E-state index contributed by atoms with van der Waals surface area (Å²) in [7, 11) is 0. The van der Waals surface area contributed by atoms with Crippen molar-refractivity contribution in [2.45, 2.75) is 72.9 Å². The quantitative estimate of drug-likeness (QED) is 0.740. The third-order valence-electron chi connectivity index (χ3n) is 3.69. The SMILES string of the molecule is CCCNC(CCCc1cc(C)nn1CC)C(C)C. The van der Waals surface area contributed by atoms with Gasteiger partial charge in [-0.15, -0.1) is 0 Å². The second kappa shape index (κ2) is 8.36. The Bertz CT molecular complexity index is 355. The Labute approximate surface area is 118 Å². The van der Waals surface area contributed by atoms with E-state index in [0.29, 0.717) is 12.0 Å². The van der Waals surface area contributed by atoms with Crippen molar-refractivity contribution < 1.29 is 0 Å². The summed E-state index contributed by atoms with van der Waals surface area (Å²) in [5, 5.41) is 8.18. The van der Waals surface area contributed by atoms with Crippen LogP contribution in [-0.2, 0) is 13.0 Å². The molecule has 110 valence electrons. The smallest absolute Gasteiger partial charge is 0.0596 e. The monoisotopic (exact) mass is 265 g/mol. The molecule has 0 saturated heterocycles. The fourth-order valence-corrected chi connectivity index (χ4v) is 2.58. The standard InChI is InChI=1S/C16H31N3/c1-6-11-17-16(13(3)4)10-8-9-15-12-14(5)18-19(15)7-2/h12-13,16-17H,6-11H2,1-5H3. The van der Waals surface area contributed by atoms with Gasteiger partial charge in [0.25, 0.3) is 0 Å². The molecule has 0 aliphatic heterocycles. The van der Waals surface area contributed by atoms with Gasteiger partial charge in [-0.25, -0.2) is 0 Å². The number of aryl methyl sites for hydroxylation is 3. The highest BCUT2D eigenvalue weighted by Gasteiger charge is 2.12. The van der Waals surface area contributed by atoms with E-state index in [0.717, 1.165) is 25.2 Å². The topological polar surface area (TPSA) is 29.9 Å². The summed E-state index contributed by atoms with van der Waals surface area (Å²) >= 11 is 0. The van der Waals surface area contributed by atoms with Crippen molar-refractivity contribution in [3.05, 3.63) is 17.5 Å². The van der Waals surface area contributed by atoms with Gasteiger partial charge < -0.3 is 5.32 Å². The lowest BCUT2D eigenvalue weighted by molar-refractivity contribution is 0.369. The summed E-state index contributed by atoms with van der Waals surface area (Å²) in [5.74, 6) is 0.712. The summed E-state index contributed by atoms with van der Waals surface area (Å²) in [6.07, 6.45) is 4.85. The molecule has 0 fully saturated rings. The van der Waals surface area contributed by atoms with Crippen LogP contribution in [0.5, 0.6) is 0 Å². The minimum absolute atomic E-state index is 0.652. The molecule has 1 N–H and O–H groups in total. The molecule has 1 atom stereocenters. The van der Waals surface area contributed by atoms with Crippen LogP contribution in [0.2, 0.25) is 0 Å².